The molecule has 0 aromatic rings. The molecule has 37 heavy (non-hydrogen) atoms. The summed E-state index contributed by atoms with van der Waals surface area (Å²) in [5.41, 5.74) is 3.34. The van der Waals surface area contributed by atoms with Crippen molar-refractivity contribution in [3.8, 4) is 0 Å². The maximum atomic E-state index is 14.3. The first-order chi connectivity index (χ1) is 17.5. The minimum atomic E-state index is -4.49. The first-order valence-corrected chi connectivity index (χ1v) is 14.3. The van der Waals surface area contributed by atoms with Crippen LogP contribution in [0.25, 0.3) is 0 Å². The molecule has 8 nitrogen and oxygen atoms in total. The average molecular weight is 549 g/mol. The van der Waals surface area contributed by atoms with Crippen LogP contribution in [0.4, 0.5) is 13.2 Å². The van der Waals surface area contributed by atoms with Crippen molar-refractivity contribution in [3.05, 3.63) is 0 Å². The molecule has 5 rings (SSSR count). The van der Waals surface area contributed by atoms with Crippen LogP contribution in [0.1, 0.15) is 58.3 Å². The van der Waals surface area contributed by atoms with Crippen molar-refractivity contribution in [1.29, 1.82) is 0 Å². The minimum Gasteiger partial charge on any atom is -0.355 e. The highest BCUT2D eigenvalue weighted by molar-refractivity contribution is 6.20. The summed E-state index contributed by atoms with van der Waals surface area (Å²) in [5, 5.41) is 8.54. The summed E-state index contributed by atoms with van der Waals surface area (Å²) in [6.07, 6.45) is 0.395. The summed E-state index contributed by atoms with van der Waals surface area (Å²) in [5.74, 6) is -1.37. The standard InChI is InChI=1S/C25H40ClF3N6O2/c1-14-9-10-34(18-13-30-20-11-19(26)32-35(20)22(14)18)17-6-3-15(4-7-17)23(25(27,28)29)33(2)24(37)16-5-8-21(36)31-12-16/h14-20,22-23,30,32H,3-13H2,1-2H3,(H,31,36)/t14-,15?,16+,17?,18?,19?,20?,22?,23-/m0/s1. The molecule has 5 fully saturated rings. The maximum absolute atomic E-state index is 14.3. The van der Waals surface area contributed by atoms with Gasteiger partial charge in [0.15, 0.2) is 0 Å². The van der Waals surface area contributed by atoms with Gasteiger partial charge in [0.25, 0.3) is 0 Å². The molecule has 1 aliphatic carbocycles. The molecule has 0 aromatic heterocycles. The zero-order chi connectivity index (χ0) is 26.5. The zero-order valence-corrected chi connectivity index (χ0v) is 22.4. The van der Waals surface area contributed by atoms with Crippen LogP contribution in [0, 0.1) is 17.8 Å². The van der Waals surface area contributed by atoms with Crippen molar-refractivity contribution in [1.82, 2.24) is 30.9 Å². The Morgan fingerprint density at radius 1 is 1.14 bits per heavy atom. The van der Waals surface area contributed by atoms with Gasteiger partial charge < -0.3 is 10.2 Å². The Labute approximate surface area is 221 Å². The van der Waals surface area contributed by atoms with E-state index in [-0.39, 0.29) is 36.6 Å². The van der Waals surface area contributed by atoms with Gasteiger partial charge in [-0.2, -0.15) is 13.2 Å². The second-order valence-electron chi connectivity index (χ2n) is 11.8. The van der Waals surface area contributed by atoms with E-state index in [1.165, 1.54) is 7.05 Å². The van der Waals surface area contributed by atoms with E-state index < -0.39 is 30.0 Å². The predicted molar refractivity (Wildman–Crippen MR) is 133 cm³/mol. The molecule has 7 atom stereocenters. The highest BCUT2D eigenvalue weighted by atomic mass is 35.5. The third-order valence-electron chi connectivity index (χ3n) is 9.56. The van der Waals surface area contributed by atoms with Crippen molar-refractivity contribution < 1.29 is 22.8 Å². The number of rotatable bonds is 4. The zero-order valence-electron chi connectivity index (χ0n) is 21.6. The third kappa shape index (κ3) is 5.48. The van der Waals surface area contributed by atoms with Gasteiger partial charge in [-0.15, -0.1) is 11.6 Å². The lowest BCUT2D eigenvalue weighted by Crippen LogP contribution is -2.72. The van der Waals surface area contributed by atoms with Crippen molar-refractivity contribution in [3.63, 3.8) is 0 Å². The summed E-state index contributed by atoms with van der Waals surface area (Å²) in [7, 11) is 1.29. The van der Waals surface area contributed by atoms with Crippen LogP contribution in [0.15, 0.2) is 0 Å². The number of likely N-dealkylation sites (tertiary alicyclic amines) is 1. The molecule has 4 aliphatic heterocycles. The van der Waals surface area contributed by atoms with E-state index in [1.807, 2.05) is 0 Å². The van der Waals surface area contributed by atoms with Crippen LogP contribution in [-0.2, 0) is 9.59 Å². The number of alkyl halides is 4. The normalized spacial score (nSPS) is 40.4. The fourth-order valence-corrected chi connectivity index (χ4v) is 7.96. The summed E-state index contributed by atoms with van der Waals surface area (Å²) < 4.78 is 42.9. The van der Waals surface area contributed by atoms with E-state index in [2.05, 4.69) is 32.9 Å². The number of hydrazine groups is 1. The van der Waals surface area contributed by atoms with Crippen LogP contribution in [0.5, 0.6) is 0 Å². The van der Waals surface area contributed by atoms with Gasteiger partial charge in [-0.25, -0.2) is 10.4 Å². The van der Waals surface area contributed by atoms with Crippen LogP contribution in [-0.4, -0.2) is 95.3 Å². The van der Waals surface area contributed by atoms with E-state index in [1.54, 1.807) is 0 Å². The van der Waals surface area contributed by atoms with E-state index in [4.69, 9.17) is 11.6 Å². The number of fused-ring (bicyclic) bond motifs is 3. The SMILES string of the molecule is C[C@H]1CCN(C2CCC([C@H](N(C)C(=O)[C@@H]3CCC(=O)NC3)C(F)(F)F)CC2)C2CNC3CC(Cl)NN3C21. The molecule has 2 amide bonds. The van der Waals surface area contributed by atoms with Crippen molar-refractivity contribution >= 4 is 23.4 Å². The van der Waals surface area contributed by atoms with Gasteiger partial charge in [0.2, 0.25) is 11.8 Å². The van der Waals surface area contributed by atoms with Crippen LogP contribution >= 0.6 is 11.6 Å². The monoisotopic (exact) mass is 548 g/mol. The Hall–Kier alpha value is -1.14. The number of nitrogens with one attached hydrogen (secondary N) is 3. The number of hydrogen-bond donors (Lipinski definition) is 3. The fraction of sp³-hybridized carbons (Fsp3) is 0.920. The number of halogens is 4. The molecular formula is C25H40ClF3N6O2. The first kappa shape index (κ1) is 27.4. The Bertz CT molecular complexity index is 847. The third-order valence-corrected chi connectivity index (χ3v) is 9.83. The number of piperidine rings is 2. The Balaban J connectivity index is 1.23. The van der Waals surface area contributed by atoms with Gasteiger partial charge in [0.1, 0.15) is 6.04 Å². The second-order valence-corrected chi connectivity index (χ2v) is 12.3. The van der Waals surface area contributed by atoms with E-state index >= 15 is 0 Å². The molecule has 4 unspecified atom stereocenters. The van der Waals surface area contributed by atoms with Gasteiger partial charge >= 0.3 is 6.18 Å². The van der Waals surface area contributed by atoms with Crippen molar-refractivity contribution in [2.45, 2.75) is 100 Å². The average Bonchev–Trinajstić information content (AvgIpc) is 3.24. The number of nitrogens with zero attached hydrogens (tertiary/aromatic N) is 3. The lowest BCUT2D eigenvalue weighted by molar-refractivity contribution is -0.203. The lowest BCUT2D eigenvalue weighted by Gasteiger charge is -2.55. The Morgan fingerprint density at radius 2 is 1.86 bits per heavy atom. The highest BCUT2D eigenvalue weighted by Crippen LogP contribution is 2.42. The van der Waals surface area contributed by atoms with Crippen LogP contribution in [0.3, 0.4) is 0 Å². The second kappa shape index (κ2) is 10.8. The summed E-state index contributed by atoms with van der Waals surface area (Å²) in [6, 6.07) is -0.934. The summed E-state index contributed by atoms with van der Waals surface area (Å²) >= 11 is 6.39. The van der Waals surface area contributed by atoms with Gasteiger partial charge in [0.05, 0.1) is 17.6 Å². The minimum absolute atomic E-state index is 0.0850. The van der Waals surface area contributed by atoms with Crippen molar-refractivity contribution in [2.75, 3.05) is 26.7 Å². The molecule has 210 valence electrons. The predicted octanol–water partition coefficient (Wildman–Crippen LogP) is 2.24. The largest absolute Gasteiger partial charge is 0.409 e. The molecule has 0 aromatic carbocycles. The Kier molecular flexibility index (Phi) is 8.00. The smallest absolute Gasteiger partial charge is 0.355 e. The fourth-order valence-electron chi connectivity index (χ4n) is 7.68. The molecule has 0 bridgehead atoms. The maximum Gasteiger partial charge on any atom is 0.409 e. The van der Waals surface area contributed by atoms with Crippen LogP contribution < -0.4 is 16.1 Å². The number of amides is 2. The molecule has 4 heterocycles. The first-order valence-electron chi connectivity index (χ1n) is 13.8. The number of hydrogen-bond acceptors (Lipinski definition) is 6. The van der Waals surface area contributed by atoms with E-state index in [0.29, 0.717) is 50.1 Å². The molecule has 5 aliphatic rings. The van der Waals surface area contributed by atoms with E-state index in [9.17, 15) is 22.8 Å². The highest BCUT2D eigenvalue weighted by Gasteiger charge is 2.53. The number of carbonyl (C=O) groups excluding carboxylic acids is 2. The molecular weight excluding hydrogens is 509 g/mol. The van der Waals surface area contributed by atoms with Crippen molar-refractivity contribution in [2.24, 2.45) is 17.8 Å². The topological polar surface area (TPSA) is 80.0 Å². The quantitative estimate of drug-likeness (QED) is 0.369. The van der Waals surface area contributed by atoms with E-state index in [0.717, 1.165) is 30.8 Å². The lowest BCUT2D eigenvalue weighted by atomic mass is 9.77. The van der Waals surface area contributed by atoms with Gasteiger partial charge in [-0.3, -0.25) is 19.8 Å². The summed E-state index contributed by atoms with van der Waals surface area (Å²) in [6.45, 7) is 4.22. The molecule has 4 saturated heterocycles. The van der Waals surface area contributed by atoms with Gasteiger partial charge in [0, 0.05) is 51.1 Å². The molecule has 0 spiro atoms. The summed E-state index contributed by atoms with van der Waals surface area (Å²) in [4.78, 5) is 27.9. The van der Waals surface area contributed by atoms with Crippen LogP contribution in [0.2, 0.25) is 0 Å². The molecule has 1 saturated carbocycles. The molecule has 3 N–H and O–H groups in total. The molecule has 0 radical (unpaired) electrons. The molecule has 12 heteroatoms. The van der Waals surface area contributed by atoms with Gasteiger partial charge in [-0.1, -0.05) is 6.92 Å². The Morgan fingerprint density at radius 3 is 2.51 bits per heavy atom. The van der Waals surface area contributed by atoms with Gasteiger partial charge in [-0.05, 0) is 56.9 Å². The number of carbonyl (C=O) groups is 2.